The van der Waals surface area contributed by atoms with Gasteiger partial charge in [0.05, 0.1) is 6.54 Å². The average molecular weight is 426 g/mol. The van der Waals surface area contributed by atoms with Crippen LogP contribution in [-0.4, -0.2) is 54.5 Å². The molecule has 2 heterocycles. The SMILES string of the molecule is CC(C)c1ccc(Cl)cc1CN1CCN(CC(=O)N2c3ccccc3C[C@H]2C)CC1. The average Bonchev–Trinajstić information content (AvgIpc) is 3.05. The van der Waals surface area contributed by atoms with Crippen LogP contribution in [0.25, 0.3) is 0 Å². The van der Waals surface area contributed by atoms with Crippen molar-refractivity contribution >= 4 is 23.2 Å². The molecule has 5 heteroatoms. The van der Waals surface area contributed by atoms with Gasteiger partial charge >= 0.3 is 0 Å². The Balaban J connectivity index is 1.34. The highest BCUT2D eigenvalue weighted by molar-refractivity contribution is 6.30. The Morgan fingerprint density at radius 1 is 1.07 bits per heavy atom. The molecule has 0 aliphatic carbocycles. The topological polar surface area (TPSA) is 26.8 Å². The number of anilines is 1. The number of hydrogen-bond donors (Lipinski definition) is 0. The third kappa shape index (κ3) is 4.56. The highest BCUT2D eigenvalue weighted by Crippen LogP contribution is 2.32. The predicted molar refractivity (Wildman–Crippen MR) is 124 cm³/mol. The minimum Gasteiger partial charge on any atom is -0.308 e. The second-order valence-corrected chi connectivity index (χ2v) is 9.43. The highest BCUT2D eigenvalue weighted by atomic mass is 35.5. The number of piperazine rings is 1. The largest absolute Gasteiger partial charge is 0.308 e. The molecule has 0 aromatic heterocycles. The van der Waals surface area contributed by atoms with E-state index in [9.17, 15) is 4.79 Å². The minimum atomic E-state index is 0.220. The molecular weight excluding hydrogens is 394 g/mol. The molecule has 2 aromatic carbocycles. The number of carbonyl (C=O) groups excluding carboxylic acids is 1. The van der Waals surface area contributed by atoms with E-state index in [1.807, 2.05) is 17.0 Å². The molecule has 0 spiro atoms. The second-order valence-electron chi connectivity index (χ2n) is 9.00. The first-order valence-electron chi connectivity index (χ1n) is 11.1. The fourth-order valence-corrected chi connectivity index (χ4v) is 5.03. The van der Waals surface area contributed by atoms with E-state index in [0.717, 1.165) is 49.9 Å². The number of hydrogen-bond acceptors (Lipinski definition) is 3. The minimum absolute atomic E-state index is 0.220. The summed E-state index contributed by atoms with van der Waals surface area (Å²) in [5, 5.41) is 0.804. The van der Waals surface area contributed by atoms with Crippen molar-refractivity contribution in [3.8, 4) is 0 Å². The Hall–Kier alpha value is -1.88. The maximum Gasteiger partial charge on any atom is 0.241 e. The summed E-state index contributed by atoms with van der Waals surface area (Å²) in [7, 11) is 0. The van der Waals surface area contributed by atoms with Crippen LogP contribution < -0.4 is 4.90 Å². The molecule has 2 aliphatic rings. The van der Waals surface area contributed by atoms with Gasteiger partial charge in [-0.1, -0.05) is 49.7 Å². The number of amides is 1. The van der Waals surface area contributed by atoms with Crippen molar-refractivity contribution in [2.45, 2.75) is 45.7 Å². The second kappa shape index (κ2) is 9.09. The molecule has 4 rings (SSSR count). The lowest BCUT2D eigenvalue weighted by Gasteiger charge is -2.36. The van der Waals surface area contributed by atoms with Gasteiger partial charge in [0, 0.05) is 49.5 Å². The van der Waals surface area contributed by atoms with Crippen LogP contribution in [-0.2, 0) is 17.8 Å². The number of halogens is 1. The molecular formula is C25H32ClN3O. The lowest BCUT2D eigenvalue weighted by atomic mass is 9.97. The molecule has 4 nitrogen and oxygen atoms in total. The van der Waals surface area contributed by atoms with Crippen LogP contribution in [0, 0.1) is 0 Å². The van der Waals surface area contributed by atoms with E-state index >= 15 is 0 Å². The quantitative estimate of drug-likeness (QED) is 0.702. The summed E-state index contributed by atoms with van der Waals surface area (Å²) in [4.78, 5) is 19.9. The molecule has 160 valence electrons. The zero-order valence-electron chi connectivity index (χ0n) is 18.3. The molecule has 0 N–H and O–H groups in total. The van der Waals surface area contributed by atoms with Gasteiger partial charge in [-0.3, -0.25) is 14.6 Å². The molecule has 0 radical (unpaired) electrons. The number of carbonyl (C=O) groups is 1. The van der Waals surface area contributed by atoms with Crippen LogP contribution >= 0.6 is 11.6 Å². The summed E-state index contributed by atoms with van der Waals surface area (Å²) in [6.45, 7) is 11.8. The van der Waals surface area contributed by atoms with E-state index in [-0.39, 0.29) is 11.9 Å². The molecule has 2 aromatic rings. The third-order valence-electron chi connectivity index (χ3n) is 6.42. The molecule has 1 saturated heterocycles. The first kappa shape index (κ1) is 21.4. The van der Waals surface area contributed by atoms with Crippen LogP contribution in [0.4, 0.5) is 5.69 Å². The summed E-state index contributed by atoms with van der Waals surface area (Å²) < 4.78 is 0. The lowest BCUT2D eigenvalue weighted by molar-refractivity contribution is -0.120. The van der Waals surface area contributed by atoms with Crippen LogP contribution in [0.5, 0.6) is 0 Å². The zero-order valence-corrected chi connectivity index (χ0v) is 19.0. The molecule has 0 saturated carbocycles. The van der Waals surface area contributed by atoms with E-state index in [2.05, 4.69) is 60.9 Å². The van der Waals surface area contributed by atoms with E-state index < -0.39 is 0 Å². The van der Waals surface area contributed by atoms with Crippen molar-refractivity contribution in [2.75, 3.05) is 37.6 Å². The van der Waals surface area contributed by atoms with Crippen LogP contribution in [0.1, 0.15) is 43.4 Å². The standard InChI is InChI=1S/C25H32ClN3O/c1-18(2)23-9-8-22(26)15-21(23)16-27-10-12-28(13-11-27)17-25(30)29-19(3)14-20-6-4-5-7-24(20)29/h4-9,15,18-19H,10-14,16-17H2,1-3H3/t19-/m1/s1. The van der Waals surface area contributed by atoms with Crippen molar-refractivity contribution < 1.29 is 4.79 Å². The Kier molecular flexibility index (Phi) is 6.47. The van der Waals surface area contributed by atoms with E-state index in [4.69, 9.17) is 11.6 Å². The summed E-state index contributed by atoms with van der Waals surface area (Å²) in [5.74, 6) is 0.708. The molecule has 2 aliphatic heterocycles. The Bertz CT molecular complexity index is 905. The van der Waals surface area contributed by atoms with Crippen LogP contribution in [0.2, 0.25) is 5.02 Å². The number of benzene rings is 2. The molecule has 1 fully saturated rings. The Labute approximate surface area is 185 Å². The number of fused-ring (bicyclic) bond motifs is 1. The molecule has 0 unspecified atom stereocenters. The number of para-hydroxylation sites is 1. The maximum absolute atomic E-state index is 13.1. The van der Waals surface area contributed by atoms with Gasteiger partial charge in [-0.2, -0.15) is 0 Å². The number of nitrogens with zero attached hydrogens (tertiary/aromatic N) is 3. The zero-order chi connectivity index (χ0) is 21.3. The Morgan fingerprint density at radius 2 is 1.77 bits per heavy atom. The van der Waals surface area contributed by atoms with Crippen molar-refractivity contribution in [3.63, 3.8) is 0 Å². The van der Waals surface area contributed by atoms with Crippen molar-refractivity contribution in [1.82, 2.24) is 9.80 Å². The molecule has 0 bridgehead atoms. The first-order valence-corrected chi connectivity index (χ1v) is 11.4. The van der Waals surface area contributed by atoms with Gasteiger partial charge in [0.2, 0.25) is 5.91 Å². The fraction of sp³-hybridized carbons (Fsp3) is 0.480. The molecule has 1 amide bonds. The van der Waals surface area contributed by atoms with E-state index in [1.165, 1.54) is 16.7 Å². The van der Waals surface area contributed by atoms with Crippen LogP contribution in [0.3, 0.4) is 0 Å². The summed E-state index contributed by atoms with van der Waals surface area (Å²) in [6.07, 6.45) is 0.952. The smallest absolute Gasteiger partial charge is 0.241 e. The predicted octanol–water partition coefficient (Wildman–Crippen LogP) is 4.56. The maximum atomic E-state index is 13.1. The Morgan fingerprint density at radius 3 is 2.50 bits per heavy atom. The lowest BCUT2D eigenvalue weighted by Crippen LogP contribution is -2.50. The van der Waals surface area contributed by atoms with Gasteiger partial charge in [-0.25, -0.2) is 0 Å². The van der Waals surface area contributed by atoms with Crippen molar-refractivity contribution in [3.05, 3.63) is 64.2 Å². The van der Waals surface area contributed by atoms with Crippen molar-refractivity contribution in [1.29, 1.82) is 0 Å². The first-order chi connectivity index (χ1) is 14.4. The normalized spacial score (nSPS) is 20.0. The summed E-state index contributed by atoms with van der Waals surface area (Å²) in [6, 6.07) is 14.8. The summed E-state index contributed by atoms with van der Waals surface area (Å²) >= 11 is 6.26. The van der Waals surface area contributed by atoms with Crippen molar-refractivity contribution in [2.24, 2.45) is 0 Å². The van der Waals surface area contributed by atoms with Gasteiger partial charge in [-0.15, -0.1) is 0 Å². The third-order valence-corrected chi connectivity index (χ3v) is 6.66. The highest BCUT2D eigenvalue weighted by Gasteiger charge is 2.31. The van der Waals surface area contributed by atoms with Gasteiger partial charge < -0.3 is 4.90 Å². The summed E-state index contributed by atoms with van der Waals surface area (Å²) in [5.41, 5.74) is 5.07. The number of rotatable bonds is 5. The van der Waals surface area contributed by atoms with Gasteiger partial charge in [0.1, 0.15) is 0 Å². The van der Waals surface area contributed by atoms with Gasteiger partial charge in [-0.05, 0) is 54.2 Å². The van der Waals surface area contributed by atoms with Crippen LogP contribution in [0.15, 0.2) is 42.5 Å². The van der Waals surface area contributed by atoms with E-state index in [1.54, 1.807) is 0 Å². The van der Waals surface area contributed by atoms with Gasteiger partial charge in [0.25, 0.3) is 0 Å². The monoisotopic (exact) mass is 425 g/mol. The van der Waals surface area contributed by atoms with Gasteiger partial charge in [0.15, 0.2) is 0 Å². The van der Waals surface area contributed by atoms with E-state index in [0.29, 0.717) is 12.5 Å². The molecule has 1 atom stereocenters. The molecule has 30 heavy (non-hydrogen) atoms. The fourth-order valence-electron chi connectivity index (χ4n) is 4.83.